The molecule has 2 N–H and O–H groups in total. The summed E-state index contributed by atoms with van der Waals surface area (Å²) in [4.78, 5) is 31.5. The molecule has 0 saturated heterocycles. The van der Waals surface area contributed by atoms with Crippen LogP contribution in [0, 0.1) is 5.41 Å². The predicted molar refractivity (Wildman–Crippen MR) is 125 cm³/mol. The molecule has 2 aromatic heterocycles. The Balaban J connectivity index is 1.56. The molecule has 0 fully saturated rings. The van der Waals surface area contributed by atoms with Crippen LogP contribution in [0.3, 0.4) is 0 Å². The summed E-state index contributed by atoms with van der Waals surface area (Å²) < 4.78 is 12.9. The molecule has 2 aliphatic rings. The van der Waals surface area contributed by atoms with Crippen LogP contribution in [-0.4, -0.2) is 28.4 Å². The maximum atomic E-state index is 13.2. The number of allylic oxidation sites excluding steroid dienone is 2. The van der Waals surface area contributed by atoms with Gasteiger partial charge in [-0.1, -0.05) is 26.0 Å². The highest BCUT2D eigenvalue weighted by atomic mass is 32.1. The van der Waals surface area contributed by atoms with Gasteiger partial charge in [-0.25, -0.2) is 9.78 Å². The first-order valence-corrected chi connectivity index (χ1v) is 11.6. The molecule has 0 unspecified atom stereocenters. The molecular formula is C25H25N3O4S. The maximum absolute atomic E-state index is 13.2. The smallest absolute Gasteiger partial charge is 0.340 e. The SMILES string of the molecule is COC(=O)C1=C(N)OC2=C(C(=O)CC(C)(C)C2)[C@@H]1c1csc(Cn2cnc3ccccc32)c1. The fraction of sp³-hybridized carbons (Fsp3) is 0.320. The van der Waals surface area contributed by atoms with Gasteiger partial charge in [0, 0.05) is 23.3 Å². The number of fused-ring (bicyclic) bond motifs is 1. The van der Waals surface area contributed by atoms with Gasteiger partial charge in [-0.15, -0.1) is 11.3 Å². The maximum Gasteiger partial charge on any atom is 0.340 e. The van der Waals surface area contributed by atoms with Crippen LogP contribution >= 0.6 is 11.3 Å². The Morgan fingerprint density at radius 3 is 2.91 bits per heavy atom. The third-order valence-electron chi connectivity index (χ3n) is 6.22. The van der Waals surface area contributed by atoms with Crippen LogP contribution in [0.4, 0.5) is 0 Å². The molecule has 170 valence electrons. The number of hydrogen-bond acceptors (Lipinski definition) is 7. The van der Waals surface area contributed by atoms with Crippen LogP contribution in [-0.2, 0) is 25.6 Å². The molecule has 3 aromatic rings. The van der Waals surface area contributed by atoms with Crippen molar-refractivity contribution in [2.75, 3.05) is 7.11 Å². The van der Waals surface area contributed by atoms with Crippen LogP contribution in [0.25, 0.3) is 11.0 Å². The highest BCUT2D eigenvalue weighted by Crippen LogP contribution is 2.48. The van der Waals surface area contributed by atoms with Gasteiger partial charge in [0.25, 0.3) is 0 Å². The van der Waals surface area contributed by atoms with E-state index in [0.29, 0.717) is 30.7 Å². The number of carbonyl (C=O) groups excluding carboxylic acids is 2. The van der Waals surface area contributed by atoms with E-state index in [1.807, 2.05) is 55.9 Å². The molecule has 5 rings (SSSR count). The normalized spacial score (nSPS) is 20.1. The number of hydrogen-bond donors (Lipinski definition) is 1. The minimum Gasteiger partial charge on any atom is -0.465 e. The molecule has 1 aliphatic heterocycles. The lowest BCUT2D eigenvalue weighted by Gasteiger charge is -2.37. The first-order valence-electron chi connectivity index (χ1n) is 10.8. The van der Waals surface area contributed by atoms with Crippen molar-refractivity contribution in [2.45, 2.75) is 39.2 Å². The van der Waals surface area contributed by atoms with Crippen LogP contribution in [0.15, 0.2) is 64.8 Å². The number of benzene rings is 1. The monoisotopic (exact) mass is 463 g/mol. The molecule has 0 bridgehead atoms. The third kappa shape index (κ3) is 3.74. The zero-order chi connectivity index (χ0) is 23.3. The van der Waals surface area contributed by atoms with Gasteiger partial charge in [0.15, 0.2) is 5.78 Å². The zero-order valence-electron chi connectivity index (χ0n) is 18.8. The van der Waals surface area contributed by atoms with Crippen LogP contribution < -0.4 is 5.73 Å². The number of carbonyl (C=O) groups is 2. The van der Waals surface area contributed by atoms with Crippen LogP contribution in [0.5, 0.6) is 0 Å². The van der Waals surface area contributed by atoms with E-state index >= 15 is 0 Å². The molecule has 1 aliphatic carbocycles. The highest BCUT2D eigenvalue weighted by molar-refractivity contribution is 7.10. The Labute approximate surface area is 195 Å². The fourth-order valence-electron chi connectivity index (χ4n) is 4.76. The Hall–Kier alpha value is -3.39. The van der Waals surface area contributed by atoms with E-state index in [4.69, 9.17) is 15.2 Å². The van der Waals surface area contributed by atoms with Crippen molar-refractivity contribution in [3.63, 3.8) is 0 Å². The fourth-order valence-corrected chi connectivity index (χ4v) is 5.67. The Morgan fingerprint density at radius 2 is 2.12 bits per heavy atom. The molecule has 0 spiro atoms. The molecule has 3 heterocycles. The number of para-hydroxylation sites is 2. The molecule has 0 radical (unpaired) electrons. The van der Waals surface area contributed by atoms with Gasteiger partial charge in [0.1, 0.15) is 11.3 Å². The third-order valence-corrected chi connectivity index (χ3v) is 7.16. The number of aromatic nitrogens is 2. The number of Topliss-reactive ketones (excluding diaryl/α,β-unsaturated/α-hetero) is 1. The molecular weight excluding hydrogens is 438 g/mol. The molecule has 7 nitrogen and oxygen atoms in total. The lowest BCUT2D eigenvalue weighted by molar-refractivity contribution is -0.136. The predicted octanol–water partition coefficient (Wildman–Crippen LogP) is 4.25. The lowest BCUT2D eigenvalue weighted by Crippen LogP contribution is -2.35. The van der Waals surface area contributed by atoms with Crippen molar-refractivity contribution in [1.82, 2.24) is 9.55 Å². The van der Waals surface area contributed by atoms with E-state index < -0.39 is 11.9 Å². The average molecular weight is 464 g/mol. The summed E-state index contributed by atoms with van der Waals surface area (Å²) in [5, 5.41) is 1.98. The van der Waals surface area contributed by atoms with Crippen molar-refractivity contribution in [1.29, 1.82) is 0 Å². The summed E-state index contributed by atoms with van der Waals surface area (Å²) >= 11 is 1.57. The molecule has 8 heteroatoms. The van der Waals surface area contributed by atoms with E-state index in [1.165, 1.54) is 7.11 Å². The molecule has 0 amide bonds. The first kappa shape index (κ1) is 21.5. The van der Waals surface area contributed by atoms with Gasteiger partial charge >= 0.3 is 5.97 Å². The number of ether oxygens (including phenoxy) is 2. The van der Waals surface area contributed by atoms with Crippen molar-refractivity contribution in [2.24, 2.45) is 11.1 Å². The van der Waals surface area contributed by atoms with Crippen molar-refractivity contribution < 1.29 is 19.1 Å². The zero-order valence-corrected chi connectivity index (χ0v) is 19.6. The van der Waals surface area contributed by atoms with Gasteiger partial charge in [-0.2, -0.15) is 0 Å². The van der Waals surface area contributed by atoms with Gasteiger partial charge < -0.3 is 19.8 Å². The molecule has 1 aromatic carbocycles. The van der Waals surface area contributed by atoms with E-state index in [1.54, 1.807) is 11.3 Å². The van der Waals surface area contributed by atoms with Crippen LogP contribution in [0.2, 0.25) is 0 Å². The van der Waals surface area contributed by atoms with Crippen molar-refractivity contribution >= 4 is 34.1 Å². The number of rotatable bonds is 4. The van der Waals surface area contributed by atoms with Gasteiger partial charge in [-0.05, 0) is 34.6 Å². The number of methoxy groups -OCH3 is 1. The highest BCUT2D eigenvalue weighted by Gasteiger charge is 2.45. The number of nitrogens with zero attached hydrogens (tertiary/aromatic N) is 2. The van der Waals surface area contributed by atoms with Crippen molar-refractivity contribution in [3.05, 3.63) is 75.3 Å². The number of thiophene rings is 1. The van der Waals surface area contributed by atoms with Gasteiger partial charge in [0.2, 0.25) is 5.88 Å². The van der Waals surface area contributed by atoms with Crippen molar-refractivity contribution in [3.8, 4) is 0 Å². The molecule has 33 heavy (non-hydrogen) atoms. The van der Waals surface area contributed by atoms with Gasteiger partial charge in [-0.3, -0.25) is 4.79 Å². The second-order valence-corrected chi connectivity index (χ2v) is 10.3. The Bertz CT molecular complexity index is 1340. The summed E-state index contributed by atoms with van der Waals surface area (Å²) in [5.41, 5.74) is 9.50. The second kappa shape index (κ2) is 7.88. The number of nitrogens with two attached hydrogens (primary N) is 1. The first-order chi connectivity index (χ1) is 15.8. The Morgan fingerprint density at radius 1 is 1.33 bits per heavy atom. The van der Waals surface area contributed by atoms with E-state index in [9.17, 15) is 9.59 Å². The summed E-state index contributed by atoms with van der Waals surface area (Å²) in [6, 6.07) is 10.0. The molecule has 0 saturated carbocycles. The minimum absolute atomic E-state index is 0.00412. The molecule has 1 atom stereocenters. The number of esters is 1. The van der Waals surface area contributed by atoms with Crippen LogP contribution in [0.1, 0.15) is 43.0 Å². The van der Waals surface area contributed by atoms with E-state index in [0.717, 1.165) is 21.5 Å². The van der Waals surface area contributed by atoms with Gasteiger partial charge in [0.05, 0.1) is 36.9 Å². The summed E-state index contributed by atoms with van der Waals surface area (Å²) in [6.07, 6.45) is 2.79. The van der Waals surface area contributed by atoms with E-state index in [-0.39, 0.29) is 22.7 Å². The summed E-state index contributed by atoms with van der Waals surface area (Å²) in [7, 11) is 1.30. The standard InChI is InChI=1S/C25H25N3O4S/c1-25(2)9-18(29)21-19(10-25)32-23(26)22(24(30)31-3)20(21)14-8-15(33-12-14)11-28-13-27-16-6-4-5-7-17(16)28/h4-8,12-13,20H,9-11,26H2,1-3H3/t20-/m0/s1. The second-order valence-electron chi connectivity index (χ2n) is 9.29. The quantitative estimate of drug-likeness (QED) is 0.581. The van der Waals surface area contributed by atoms with E-state index in [2.05, 4.69) is 9.55 Å². The summed E-state index contributed by atoms with van der Waals surface area (Å²) in [5.74, 6) is -0.651. The number of ketones is 1. The Kier molecular flexibility index (Phi) is 5.12. The summed E-state index contributed by atoms with van der Waals surface area (Å²) in [6.45, 7) is 4.69. The number of imidazole rings is 1. The average Bonchev–Trinajstić information content (AvgIpc) is 3.39. The lowest BCUT2D eigenvalue weighted by atomic mass is 9.70. The minimum atomic E-state index is -0.602. The largest absolute Gasteiger partial charge is 0.465 e. The topological polar surface area (TPSA) is 96.4 Å².